The van der Waals surface area contributed by atoms with Crippen molar-refractivity contribution in [2.75, 3.05) is 10.8 Å². The van der Waals surface area contributed by atoms with Gasteiger partial charge in [-0.2, -0.15) is 0 Å². The summed E-state index contributed by atoms with van der Waals surface area (Å²) < 4.78 is 28.8. The Labute approximate surface area is 257 Å². The van der Waals surface area contributed by atoms with Gasteiger partial charge >= 0.3 is 0 Å². The number of hydrogen-bond donors (Lipinski definition) is 1. The molecular weight excluding hydrogens is 605 g/mol. The van der Waals surface area contributed by atoms with Crippen molar-refractivity contribution in [3.8, 4) is 0 Å². The zero-order valence-corrected chi connectivity index (χ0v) is 26.5. The van der Waals surface area contributed by atoms with Gasteiger partial charge in [0.1, 0.15) is 12.6 Å². The van der Waals surface area contributed by atoms with E-state index in [1.54, 1.807) is 49.4 Å². The molecule has 3 rings (SSSR count). The van der Waals surface area contributed by atoms with Crippen LogP contribution in [0.25, 0.3) is 0 Å². The first kappa shape index (κ1) is 32.7. The van der Waals surface area contributed by atoms with E-state index in [9.17, 15) is 18.0 Å². The molecule has 220 valence electrons. The van der Waals surface area contributed by atoms with Gasteiger partial charge in [0, 0.05) is 17.6 Å². The van der Waals surface area contributed by atoms with Crippen LogP contribution < -0.4 is 9.62 Å². The molecule has 3 aromatic carbocycles. The summed E-state index contributed by atoms with van der Waals surface area (Å²) in [6, 6.07) is 16.6. The van der Waals surface area contributed by atoms with E-state index in [1.807, 2.05) is 20.8 Å². The Kier molecular flexibility index (Phi) is 11.5. The lowest BCUT2D eigenvalue weighted by atomic mass is 10.1. The Morgan fingerprint density at radius 1 is 0.878 bits per heavy atom. The Hall–Kier alpha value is -2.78. The number of rotatable bonds is 12. The van der Waals surface area contributed by atoms with E-state index in [-0.39, 0.29) is 23.4 Å². The van der Waals surface area contributed by atoms with Gasteiger partial charge in [-0.1, -0.05) is 72.4 Å². The number of nitrogens with zero attached hydrogens (tertiary/aromatic N) is 2. The molecule has 0 aromatic heterocycles. The van der Waals surface area contributed by atoms with Gasteiger partial charge < -0.3 is 10.2 Å². The van der Waals surface area contributed by atoms with Gasteiger partial charge in [0.05, 0.1) is 20.6 Å². The fraction of sp³-hybridized carbons (Fsp3) is 0.333. The number of sulfonamides is 1. The molecule has 2 amide bonds. The van der Waals surface area contributed by atoms with Crippen molar-refractivity contribution in [1.82, 2.24) is 10.2 Å². The van der Waals surface area contributed by atoms with Crippen LogP contribution in [0.2, 0.25) is 15.1 Å². The number of anilines is 1. The molecule has 0 aliphatic rings. The number of carbonyl (C=O) groups is 2. The third kappa shape index (κ3) is 8.38. The molecule has 1 N–H and O–H groups in total. The van der Waals surface area contributed by atoms with Gasteiger partial charge in [0.25, 0.3) is 10.0 Å². The standard InChI is InChI=1S/C30H34Cl3N3O4S/c1-5-21(4)34-30(38)28(6-2)35(18-22-9-16-26(32)27(33)17-22)29(37)19-36(24-12-7-20(3)8-13-24)41(39,40)25-14-10-23(31)11-15-25/h7-17,21,28H,5-6,18-19H2,1-4H3,(H,34,38)/t21-,28-/m0/s1. The number of aryl methyl sites for hydroxylation is 1. The fourth-order valence-electron chi connectivity index (χ4n) is 4.17. The highest BCUT2D eigenvalue weighted by atomic mass is 35.5. The molecule has 0 saturated carbocycles. The van der Waals surface area contributed by atoms with Crippen molar-refractivity contribution in [3.05, 3.63) is 92.9 Å². The summed E-state index contributed by atoms with van der Waals surface area (Å²) in [6.07, 6.45) is 1.02. The predicted octanol–water partition coefficient (Wildman–Crippen LogP) is 6.87. The van der Waals surface area contributed by atoms with Crippen molar-refractivity contribution >= 4 is 62.3 Å². The van der Waals surface area contributed by atoms with Crippen LogP contribution in [0.4, 0.5) is 5.69 Å². The second-order valence-corrected chi connectivity index (χ2v) is 12.9. The van der Waals surface area contributed by atoms with Crippen molar-refractivity contribution in [1.29, 1.82) is 0 Å². The zero-order valence-electron chi connectivity index (χ0n) is 23.4. The van der Waals surface area contributed by atoms with Crippen molar-refractivity contribution in [2.24, 2.45) is 0 Å². The molecule has 41 heavy (non-hydrogen) atoms. The second-order valence-electron chi connectivity index (χ2n) is 9.81. The summed E-state index contributed by atoms with van der Waals surface area (Å²) in [4.78, 5) is 28.8. The summed E-state index contributed by atoms with van der Waals surface area (Å²) in [6.45, 7) is 7.00. The van der Waals surface area contributed by atoms with E-state index in [2.05, 4.69) is 5.32 Å². The summed E-state index contributed by atoms with van der Waals surface area (Å²) in [7, 11) is -4.19. The van der Waals surface area contributed by atoms with Crippen LogP contribution in [0.5, 0.6) is 0 Å². The lowest BCUT2D eigenvalue weighted by Crippen LogP contribution is -2.53. The molecule has 11 heteroatoms. The minimum atomic E-state index is -4.19. The third-order valence-electron chi connectivity index (χ3n) is 6.73. The average Bonchev–Trinajstić information content (AvgIpc) is 2.94. The number of halogens is 3. The molecule has 0 heterocycles. The van der Waals surface area contributed by atoms with E-state index in [0.717, 1.165) is 9.87 Å². The van der Waals surface area contributed by atoms with E-state index < -0.39 is 28.5 Å². The topological polar surface area (TPSA) is 86.8 Å². The number of hydrogen-bond acceptors (Lipinski definition) is 4. The molecule has 0 unspecified atom stereocenters. The molecule has 0 spiro atoms. The number of carbonyl (C=O) groups excluding carboxylic acids is 2. The van der Waals surface area contributed by atoms with Crippen LogP contribution in [0.1, 0.15) is 44.7 Å². The molecule has 0 aliphatic heterocycles. The van der Waals surface area contributed by atoms with Crippen LogP contribution in [-0.4, -0.2) is 43.8 Å². The Balaban J connectivity index is 2.07. The summed E-state index contributed by atoms with van der Waals surface area (Å²) in [5.41, 5.74) is 1.88. The van der Waals surface area contributed by atoms with Gasteiger partial charge in [0.15, 0.2) is 0 Å². The van der Waals surface area contributed by atoms with Crippen molar-refractivity contribution in [3.63, 3.8) is 0 Å². The van der Waals surface area contributed by atoms with Gasteiger partial charge in [-0.25, -0.2) is 8.42 Å². The lowest BCUT2D eigenvalue weighted by Gasteiger charge is -2.33. The van der Waals surface area contributed by atoms with E-state index >= 15 is 0 Å². The molecule has 0 radical (unpaired) electrons. The predicted molar refractivity (Wildman–Crippen MR) is 166 cm³/mol. The average molecular weight is 639 g/mol. The van der Waals surface area contributed by atoms with Gasteiger partial charge in [-0.05, 0) is 80.8 Å². The van der Waals surface area contributed by atoms with Crippen LogP contribution in [0.15, 0.2) is 71.6 Å². The van der Waals surface area contributed by atoms with Crippen molar-refractivity contribution in [2.45, 2.75) is 64.1 Å². The minimum absolute atomic E-state index is 0.0187. The maximum Gasteiger partial charge on any atom is 0.264 e. The Morgan fingerprint density at radius 2 is 1.51 bits per heavy atom. The van der Waals surface area contributed by atoms with Gasteiger partial charge in [-0.3, -0.25) is 13.9 Å². The largest absolute Gasteiger partial charge is 0.352 e. The second kappa shape index (κ2) is 14.4. The fourth-order valence-corrected chi connectivity index (χ4v) is 6.03. The first-order valence-corrected chi connectivity index (χ1v) is 15.8. The van der Waals surface area contributed by atoms with Crippen LogP contribution in [-0.2, 0) is 26.2 Å². The van der Waals surface area contributed by atoms with Crippen molar-refractivity contribution < 1.29 is 18.0 Å². The quantitative estimate of drug-likeness (QED) is 0.235. The SMILES string of the molecule is CC[C@H](C)NC(=O)[C@H](CC)N(Cc1ccc(Cl)c(Cl)c1)C(=O)CN(c1ccc(C)cc1)S(=O)(=O)c1ccc(Cl)cc1. The molecule has 3 aromatic rings. The molecule has 7 nitrogen and oxygen atoms in total. The van der Waals surface area contributed by atoms with Gasteiger partial charge in [-0.15, -0.1) is 0 Å². The number of benzene rings is 3. The molecular formula is C30H34Cl3N3O4S. The van der Waals surface area contributed by atoms with E-state index in [4.69, 9.17) is 34.8 Å². The highest BCUT2D eigenvalue weighted by molar-refractivity contribution is 7.92. The smallest absolute Gasteiger partial charge is 0.264 e. The summed E-state index contributed by atoms with van der Waals surface area (Å²) in [5, 5.41) is 3.99. The number of nitrogens with one attached hydrogen (secondary N) is 1. The van der Waals surface area contributed by atoms with Crippen LogP contribution in [0.3, 0.4) is 0 Å². The summed E-state index contributed by atoms with van der Waals surface area (Å²) >= 11 is 18.3. The molecule has 0 aliphatic carbocycles. The summed E-state index contributed by atoms with van der Waals surface area (Å²) in [5.74, 6) is -0.877. The normalized spacial score (nSPS) is 12.9. The Morgan fingerprint density at radius 3 is 2.07 bits per heavy atom. The maximum atomic E-state index is 14.1. The highest BCUT2D eigenvalue weighted by Gasteiger charge is 2.34. The number of amides is 2. The van der Waals surface area contributed by atoms with E-state index in [1.165, 1.54) is 29.2 Å². The maximum absolute atomic E-state index is 14.1. The zero-order chi connectivity index (χ0) is 30.3. The minimum Gasteiger partial charge on any atom is -0.352 e. The lowest BCUT2D eigenvalue weighted by molar-refractivity contribution is -0.140. The molecule has 2 atom stereocenters. The van der Waals surface area contributed by atoms with Crippen LogP contribution >= 0.6 is 34.8 Å². The monoisotopic (exact) mass is 637 g/mol. The molecule has 0 bridgehead atoms. The van der Waals surface area contributed by atoms with Crippen LogP contribution in [0, 0.1) is 6.92 Å². The first-order valence-electron chi connectivity index (χ1n) is 13.3. The molecule has 0 fully saturated rings. The first-order chi connectivity index (χ1) is 19.4. The third-order valence-corrected chi connectivity index (χ3v) is 9.51. The highest BCUT2D eigenvalue weighted by Crippen LogP contribution is 2.27. The van der Waals surface area contributed by atoms with E-state index in [0.29, 0.717) is 39.2 Å². The van der Waals surface area contributed by atoms with Gasteiger partial charge in [0.2, 0.25) is 11.8 Å². The molecule has 0 saturated heterocycles. The Bertz CT molecular complexity index is 1470.